The molecule has 0 aliphatic carbocycles. The van der Waals surface area contributed by atoms with Crippen molar-refractivity contribution >= 4 is 18.7 Å². The van der Waals surface area contributed by atoms with Gasteiger partial charge in [0.25, 0.3) is 0 Å². The van der Waals surface area contributed by atoms with Crippen LogP contribution in [0, 0.1) is 0 Å². The Bertz CT molecular complexity index is 142. The van der Waals surface area contributed by atoms with Crippen molar-refractivity contribution < 1.29 is 9.53 Å². The van der Waals surface area contributed by atoms with Gasteiger partial charge < -0.3 is 9.64 Å². The monoisotopic (exact) mass is 177 g/mol. The lowest BCUT2D eigenvalue weighted by Gasteiger charge is -2.23. The maximum Gasteiger partial charge on any atom is 0.410 e. The zero-order chi connectivity index (χ0) is 9.07. The van der Waals surface area contributed by atoms with Gasteiger partial charge in [-0.15, -0.1) is 0 Å². The number of carbonyl (C=O) groups is 1. The molecule has 0 aliphatic heterocycles. The average molecular weight is 177 g/mol. The first-order valence-electron chi connectivity index (χ1n) is 3.42. The number of carbonyl (C=O) groups excluding carboxylic acids is 1. The molecule has 1 amide bonds. The molecule has 0 unspecified atom stereocenters. The second kappa shape index (κ2) is 3.85. The van der Waals surface area contributed by atoms with E-state index in [0.29, 0.717) is 5.88 Å². The van der Waals surface area contributed by atoms with E-state index in [0.717, 1.165) is 0 Å². The van der Waals surface area contributed by atoms with E-state index in [2.05, 4.69) is 12.6 Å². The Morgan fingerprint density at radius 1 is 1.55 bits per heavy atom. The molecule has 0 spiro atoms. The molecule has 4 heteroatoms. The summed E-state index contributed by atoms with van der Waals surface area (Å²) in [7, 11) is 1.64. The predicted octanol–water partition coefficient (Wildman–Crippen LogP) is 1.74. The van der Waals surface area contributed by atoms with Gasteiger partial charge in [-0.05, 0) is 20.8 Å². The molecule has 0 aliphatic rings. The van der Waals surface area contributed by atoms with Crippen LogP contribution in [-0.2, 0) is 4.74 Å². The summed E-state index contributed by atoms with van der Waals surface area (Å²) < 4.78 is 5.03. The van der Waals surface area contributed by atoms with Crippen LogP contribution in [-0.4, -0.2) is 29.5 Å². The van der Waals surface area contributed by atoms with Crippen molar-refractivity contribution in [2.24, 2.45) is 0 Å². The van der Waals surface area contributed by atoms with Gasteiger partial charge in [0.15, 0.2) is 0 Å². The van der Waals surface area contributed by atoms with Crippen molar-refractivity contribution in [1.82, 2.24) is 4.90 Å². The van der Waals surface area contributed by atoms with E-state index in [4.69, 9.17) is 4.74 Å². The molecular formula is C7H15NO2S. The highest BCUT2D eigenvalue weighted by Crippen LogP contribution is 2.08. The van der Waals surface area contributed by atoms with Crippen LogP contribution in [0.4, 0.5) is 4.79 Å². The fourth-order valence-electron chi connectivity index (χ4n) is 0.398. The minimum atomic E-state index is -0.422. The van der Waals surface area contributed by atoms with E-state index in [1.807, 2.05) is 20.8 Å². The number of rotatable bonds is 1. The normalized spacial score (nSPS) is 11.0. The molecule has 0 fully saturated rings. The van der Waals surface area contributed by atoms with Gasteiger partial charge in [-0.2, -0.15) is 12.6 Å². The third kappa shape index (κ3) is 4.95. The molecule has 0 saturated heterocycles. The Kier molecular flexibility index (Phi) is 3.72. The Balaban J connectivity index is 3.88. The number of nitrogens with zero attached hydrogens (tertiary/aromatic N) is 1. The zero-order valence-corrected chi connectivity index (χ0v) is 8.31. The van der Waals surface area contributed by atoms with Gasteiger partial charge in [0.05, 0.1) is 5.88 Å². The van der Waals surface area contributed by atoms with Gasteiger partial charge >= 0.3 is 6.09 Å². The summed E-state index contributed by atoms with van der Waals surface area (Å²) in [6, 6.07) is 0. The molecule has 11 heavy (non-hydrogen) atoms. The summed E-state index contributed by atoms with van der Waals surface area (Å²) in [6.07, 6.45) is -0.340. The SMILES string of the molecule is CN(CS)C(=O)OC(C)(C)C. The summed E-state index contributed by atoms with van der Waals surface area (Å²) in [6.45, 7) is 5.49. The van der Waals surface area contributed by atoms with Crippen molar-refractivity contribution in [3.05, 3.63) is 0 Å². The molecule has 3 nitrogen and oxygen atoms in total. The van der Waals surface area contributed by atoms with Crippen LogP contribution in [0.15, 0.2) is 0 Å². The van der Waals surface area contributed by atoms with Crippen LogP contribution in [0.5, 0.6) is 0 Å². The Hall–Kier alpha value is -0.380. The lowest BCUT2D eigenvalue weighted by atomic mass is 10.2. The molecule has 0 rings (SSSR count). The van der Waals surface area contributed by atoms with Crippen molar-refractivity contribution in [1.29, 1.82) is 0 Å². The van der Waals surface area contributed by atoms with Gasteiger partial charge in [0.2, 0.25) is 0 Å². The molecule has 0 heterocycles. The van der Waals surface area contributed by atoms with Gasteiger partial charge in [-0.3, -0.25) is 0 Å². The van der Waals surface area contributed by atoms with E-state index in [1.165, 1.54) is 4.90 Å². The molecule has 0 saturated carbocycles. The van der Waals surface area contributed by atoms with E-state index < -0.39 is 5.60 Å². The van der Waals surface area contributed by atoms with Crippen LogP contribution < -0.4 is 0 Å². The summed E-state index contributed by atoms with van der Waals surface area (Å²) >= 11 is 3.93. The maximum atomic E-state index is 11.0. The Morgan fingerprint density at radius 3 is 2.27 bits per heavy atom. The highest BCUT2D eigenvalue weighted by molar-refractivity contribution is 7.80. The van der Waals surface area contributed by atoms with E-state index in [1.54, 1.807) is 7.05 Å². The number of hydrogen-bond acceptors (Lipinski definition) is 3. The number of amides is 1. The van der Waals surface area contributed by atoms with Crippen molar-refractivity contribution in [2.75, 3.05) is 12.9 Å². The topological polar surface area (TPSA) is 29.5 Å². The molecule has 0 aromatic rings. The minimum Gasteiger partial charge on any atom is -0.444 e. The van der Waals surface area contributed by atoms with Crippen LogP contribution in [0.2, 0.25) is 0 Å². The zero-order valence-electron chi connectivity index (χ0n) is 7.42. The number of ether oxygens (including phenoxy) is 1. The molecule has 0 atom stereocenters. The molecule has 0 radical (unpaired) electrons. The fraction of sp³-hybridized carbons (Fsp3) is 0.857. The Morgan fingerprint density at radius 2 is 2.00 bits per heavy atom. The van der Waals surface area contributed by atoms with E-state index in [-0.39, 0.29) is 6.09 Å². The first kappa shape index (κ1) is 10.6. The second-order valence-electron chi connectivity index (χ2n) is 3.32. The van der Waals surface area contributed by atoms with Crippen molar-refractivity contribution in [3.8, 4) is 0 Å². The quantitative estimate of drug-likeness (QED) is 0.488. The number of hydrogen-bond donors (Lipinski definition) is 1. The van der Waals surface area contributed by atoms with Crippen molar-refractivity contribution in [3.63, 3.8) is 0 Å². The third-order valence-corrected chi connectivity index (χ3v) is 1.34. The van der Waals surface area contributed by atoms with E-state index in [9.17, 15) is 4.79 Å². The standard InChI is InChI=1S/C7H15NO2S/c1-7(2,3)10-6(9)8(4)5-11/h11H,5H2,1-4H3. The summed E-state index contributed by atoms with van der Waals surface area (Å²) in [4.78, 5) is 12.4. The highest BCUT2D eigenvalue weighted by Gasteiger charge is 2.18. The second-order valence-corrected chi connectivity index (χ2v) is 3.60. The molecular weight excluding hydrogens is 162 g/mol. The molecule has 66 valence electrons. The highest BCUT2D eigenvalue weighted by atomic mass is 32.1. The van der Waals surface area contributed by atoms with Crippen molar-refractivity contribution in [2.45, 2.75) is 26.4 Å². The van der Waals surface area contributed by atoms with Gasteiger partial charge in [0, 0.05) is 7.05 Å². The lowest BCUT2D eigenvalue weighted by Crippen LogP contribution is -2.33. The van der Waals surface area contributed by atoms with Gasteiger partial charge in [-0.1, -0.05) is 0 Å². The molecule has 0 aromatic carbocycles. The van der Waals surface area contributed by atoms with Crippen LogP contribution >= 0.6 is 12.6 Å². The van der Waals surface area contributed by atoms with Crippen LogP contribution in [0.3, 0.4) is 0 Å². The summed E-state index contributed by atoms with van der Waals surface area (Å²) in [5.74, 6) is 0.370. The van der Waals surface area contributed by atoms with E-state index >= 15 is 0 Å². The van der Waals surface area contributed by atoms with Crippen LogP contribution in [0.25, 0.3) is 0 Å². The van der Waals surface area contributed by atoms with Gasteiger partial charge in [-0.25, -0.2) is 4.79 Å². The first-order valence-corrected chi connectivity index (χ1v) is 4.05. The third-order valence-electron chi connectivity index (χ3n) is 0.917. The largest absolute Gasteiger partial charge is 0.444 e. The summed E-state index contributed by atoms with van der Waals surface area (Å²) in [5, 5.41) is 0. The minimum absolute atomic E-state index is 0.340. The smallest absolute Gasteiger partial charge is 0.410 e. The Labute approximate surface area is 73.1 Å². The lowest BCUT2D eigenvalue weighted by molar-refractivity contribution is 0.0331. The first-order chi connectivity index (χ1) is 4.87. The molecule has 0 aromatic heterocycles. The van der Waals surface area contributed by atoms with Gasteiger partial charge in [0.1, 0.15) is 5.60 Å². The maximum absolute atomic E-state index is 11.0. The molecule has 0 bridgehead atoms. The fourth-order valence-corrected chi connectivity index (χ4v) is 0.513. The summed E-state index contributed by atoms with van der Waals surface area (Å²) in [5.41, 5.74) is -0.422. The number of thiol groups is 1. The predicted molar refractivity (Wildman–Crippen MR) is 47.9 cm³/mol. The average Bonchev–Trinajstić information content (AvgIpc) is 1.82. The van der Waals surface area contributed by atoms with Crippen LogP contribution in [0.1, 0.15) is 20.8 Å². The molecule has 0 N–H and O–H groups in total.